The van der Waals surface area contributed by atoms with E-state index in [4.69, 9.17) is 14.2 Å². The summed E-state index contributed by atoms with van der Waals surface area (Å²) in [6.07, 6.45) is 1.38. The number of hydrogen-bond donors (Lipinski definition) is 1. The molecule has 38 heavy (non-hydrogen) atoms. The summed E-state index contributed by atoms with van der Waals surface area (Å²) in [6, 6.07) is 17.9. The predicted molar refractivity (Wildman–Crippen MR) is 148 cm³/mol. The van der Waals surface area contributed by atoms with E-state index in [0.29, 0.717) is 27.2 Å². The Morgan fingerprint density at radius 3 is 2.39 bits per heavy atom. The Morgan fingerprint density at radius 2 is 1.74 bits per heavy atom. The quantitative estimate of drug-likeness (QED) is 0.167. The molecule has 0 bridgehead atoms. The third-order valence-electron chi connectivity index (χ3n) is 5.53. The molecule has 10 heteroatoms. The second-order valence-corrected chi connectivity index (χ2v) is 9.20. The largest absolute Gasteiger partial charge is 0.493 e. The summed E-state index contributed by atoms with van der Waals surface area (Å²) in [6.45, 7) is 2.24. The molecule has 9 nitrogen and oxygen atoms in total. The van der Waals surface area contributed by atoms with Crippen molar-refractivity contribution in [2.75, 3.05) is 18.6 Å². The molecule has 1 heterocycles. The molecule has 1 aliphatic rings. The number of nitrogens with zero attached hydrogens (tertiary/aromatic N) is 1. The number of urea groups is 1. The van der Waals surface area contributed by atoms with Crippen molar-refractivity contribution in [2.45, 2.75) is 13.5 Å². The van der Waals surface area contributed by atoms with Crippen LogP contribution in [0.2, 0.25) is 0 Å². The highest BCUT2D eigenvalue weighted by atomic mass is 127. The molecular weight excluding hydrogens is 603 g/mol. The van der Waals surface area contributed by atoms with Crippen molar-refractivity contribution in [1.82, 2.24) is 5.32 Å². The Morgan fingerprint density at radius 1 is 1.03 bits per heavy atom. The smallest absolute Gasteiger partial charge is 0.338 e. The van der Waals surface area contributed by atoms with Gasteiger partial charge in [0, 0.05) is 0 Å². The minimum Gasteiger partial charge on any atom is -0.493 e. The number of nitrogens with one attached hydrogen (secondary N) is 1. The molecule has 0 radical (unpaired) electrons. The number of anilines is 1. The first kappa shape index (κ1) is 26.9. The molecule has 4 amide bonds. The zero-order chi connectivity index (χ0) is 27.2. The number of esters is 1. The second-order valence-electron chi connectivity index (χ2n) is 8.03. The molecule has 0 saturated carbocycles. The lowest BCUT2D eigenvalue weighted by Gasteiger charge is -2.26. The second kappa shape index (κ2) is 11.9. The summed E-state index contributed by atoms with van der Waals surface area (Å²) in [7, 11) is 1.50. The molecule has 3 aromatic rings. The van der Waals surface area contributed by atoms with E-state index in [-0.39, 0.29) is 23.4 Å². The minimum absolute atomic E-state index is 0.191. The molecule has 1 aliphatic heterocycles. The van der Waals surface area contributed by atoms with Crippen molar-refractivity contribution in [3.63, 3.8) is 0 Å². The van der Waals surface area contributed by atoms with Gasteiger partial charge in [0.1, 0.15) is 12.2 Å². The van der Waals surface area contributed by atoms with Gasteiger partial charge in [0.2, 0.25) is 0 Å². The van der Waals surface area contributed by atoms with Crippen LogP contribution in [0.25, 0.3) is 6.08 Å². The van der Waals surface area contributed by atoms with Crippen LogP contribution in [0.5, 0.6) is 11.5 Å². The van der Waals surface area contributed by atoms with Crippen molar-refractivity contribution >= 4 is 58.2 Å². The van der Waals surface area contributed by atoms with Gasteiger partial charge in [-0.25, -0.2) is 14.5 Å². The summed E-state index contributed by atoms with van der Waals surface area (Å²) < 4.78 is 17.1. The van der Waals surface area contributed by atoms with Crippen LogP contribution >= 0.6 is 22.6 Å². The van der Waals surface area contributed by atoms with Gasteiger partial charge in [-0.2, -0.15) is 0 Å². The van der Waals surface area contributed by atoms with Gasteiger partial charge >= 0.3 is 12.0 Å². The highest BCUT2D eigenvalue weighted by Gasteiger charge is 2.37. The number of rotatable bonds is 8. The number of ether oxygens (including phenoxy) is 3. The lowest BCUT2D eigenvalue weighted by Crippen LogP contribution is -2.54. The first-order valence-electron chi connectivity index (χ1n) is 11.5. The molecule has 3 aromatic carbocycles. The van der Waals surface area contributed by atoms with E-state index >= 15 is 0 Å². The van der Waals surface area contributed by atoms with E-state index in [0.717, 1.165) is 10.5 Å². The number of halogens is 1. The van der Waals surface area contributed by atoms with Gasteiger partial charge in [-0.3, -0.25) is 14.9 Å². The highest BCUT2D eigenvalue weighted by Crippen LogP contribution is 2.35. The van der Waals surface area contributed by atoms with Gasteiger partial charge in [0.15, 0.2) is 11.5 Å². The lowest BCUT2D eigenvalue weighted by molar-refractivity contribution is -0.122. The van der Waals surface area contributed by atoms with E-state index in [1.54, 1.807) is 19.1 Å². The van der Waals surface area contributed by atoms with Crippen LogP contribution < -0.4 is 19.7 Å². The number of carbonyl (C=O) groups excluding carboxylic acids is 4. The van der Waals surface area contributed by atoms with Gasteiger partial charge in [0.05, 0.1) is 28.5 Å². The number of imide groups is 2. The van der Waals surface area contributed by atoms with E-state index in [1.807, 2.05) is 30.3 Å². The molecule has 1 fully saturated rings. The lowest BCUT2D eigenvalue weighted by atomic mass is 10.1. The van der Waals surface area contributed by atoms with Gasteiger partial charge in [-0.05, 0) is 83.1 Å². The van der Waals surface area contributed by atoms with E-state index < -0.39 is 23.8 Å². The molecule has 1 saturated heterocycles. The average Bonchev–Trinajstić information content (AvgIpc) is 2.91. The fourth-order valence-corrected chi connectivity index (χ4v) is 4.49. The van der Waals surface area contributed by atoms with Crippen molar-refractivity contribution in [3.8, 4) is 11.5 Å². The number of carbonyl (C=O) groups is 4. The molecule has 0 spiro atoms. The van der Waals surface area contributed by atoms with Crippen LogP contribution in [0, 0.1) is 3.57 Å². The molecule has 0 atom stereocenters. The zero-order valence-corrected chi connectivity index (χ0v) is 22.7. The monoisotopic (exact) mass is 626 g/mol. The van der Waals surface area contributed by atoms with Crippen LogP contribution in [0.4, 0.5) is 10.5 Å². The topological polar surface area (TPSA) is 111 Å². The zero-order valence-electron chi connectivity index (χ0n) is 20.5. The Kier molecular flexibility index (Phi) is 8.41. The van der Waals surface area contributed by atoms with Crippen molar-refractivity contribution in [2.24, 2.45) is 0 Å². The molecule has 0 aromatic heterocycles. The van der Waals surface area contributed by atoms with Crippen molar-refractivity contribution < 1.29 is 33.4 Å². The fourth-order valence-electron chi connectivity index (χ4n) is 3.71. The molecule has 0 unspecified atom stereocenters. The molecule has 1 N–H and O–H groups in total. The molecule has 0 aliphatic carbocycles. The first-order chi connectivity index (χ1) is 18.3. The standard InChI is InChI=1S/C28H23IN2O7/c1-3-37-27(34)19-9-11-20(12-10-19)31-26(33)21(25(32)30-28(31)35)13-18-14-22(29)24(23(15-18)36-2)38-16-17-7-5-4-6-8-17/h4-15H,3,16H2,1-2H3,(H,30,32,35)/b21-13+. The Balaban J connectivity index is 1.61. The average molecular weight is 626 g/mol. The maximum Gasteiger partial charge on any atom is 0.338 e. The van der Waals surface area contributed by atoms with Gasteiger partial charge in [0.25, 0.3) is 11.8 Å². The molecule has 4 rings (SSSR count). The Labute approximate surface area is 232 Å². The van der Waals surface area contributed by atoms with E-state index in [1.165, 1.54) is 37.5 Å². The maximum atomic E-state index is 13.3. The summed E-state index contributed by atoms with van der Waals surface area (Å²) in [5.41, 5.74) is 1.71. The number of hydrogen-bond acceptors (Lipinski definition) is 7. The molecular formula is C28H23IN2O7. The van der Waals surface area contributed by atoms with Crippen LogP contribution in [-0.2, 0) is 20.9 Å². The third-order valence-corrected chi connectivity index (χ3v) is 6.33. The Hall–Kier alpha value is -4.19. The van der Waals surface area contributed by atoms with E-state index in [9.17, 15) is 19.2 Å². The van der Waals surface area contributed by atoms with Crippen LogP contribution in [0.1, 0.15) is 28.4 Å². The van der Waals surface area contributed by atoms with Crippen molar-refractivity contribution in [1.29, 1.82) is 0 Å². The van der Waals surface area contributed by atoms with Gasteiger partial charge in [-0.1, -0.05) is 30.3 Å². The SMILES string of the molecule is CCOC(=O)c1ccc(N2C(=O)NC(=O)/C(=C\c3cc(I)c(OCc4ccccc4)c(OC)c3)C2=O)cc1. The Bertz CT molecular complexity index is 1420. The number of methoxy groups -OCH3 is 1. The van der Waals surface area contributed by atoms with Gasteiger partial charge < -0.3 is 14.2 Å². The predicted octanol–water partition coefficient (Wildman–Crippen LogP) is 4.72. The minimum atomic E-state index is -0.891. The summed E-state index contributed by atoms with van der Waals surface area (Å²) >= 11 is 2.09. The summed E-state index contributed by atoms with van der Waals surface area (Å²) in [4.78, 5) is 51.2. The number of benzene rings is 3. The van der Waals surface area contributed by atoms with Gasteiger partial charge in [-0.15, -0.1) is 0 Å². The normalized spacial score (nSPS) is 14.3. The van der Waals surface area contributed by atoms with Crippen molar-refractivity contribution in [3.05, 3.63) is 92.6 Å². The number of amides is 4. The summed E-state index contributed by atoms with van der Waals surface area (Å²) in [5, 5.41) is 2.19. The van der Waals surface area contributed by atoms with E-state index in [2.05, 4.69) is 27.9 Å². The number of barbiturate groups is 1. The van der Waals surface area contributed by atoms with Crippen LogP contribution in [0.15, 0.2) is 72.3 Å². The molecule has 194 valence electrons. The first-order valence-corrected chi connectivity index (χ1v) is 12.6. The van der Waals surface area contributed by atoms with Crippen LogP contribution in [0.3, 0.4) is 0 Å². The summed E-state index contributed by atoms with van der Waals surface area (Å²) in [5.74, 6) is -1.20. The maximum absolute atomic E-state index is 13.3. The highest BCUT2D eigenvalue weighted by molar-refractivity contribution is 14.1. The van der Waals surface area contributed by atoms with Crippen LogP contribution in [-0.4, -0.2) is 37.5 Å². The third kappa shape index (κ3) is 5.86. The fraction of sp³-hybridized carbons (Fsp3) is 0.143.